The summed E-state index contributed by atoms with van der Waals surface area (Å²) in [7, 11) is 0. The maximum absolute atomic E-state index is 13.1. The van der Waals surface area contributed by atoms with Crippen molar-refractivity contribution in [1.82, 2.24) is 0 Å². The Hall–Kier alpha value is -0.930. The van der Waals surface area contributed by atoms with Gasteiger partial charge in [-0.1, -0.05) is 91.5 Å². The minimum Gasteiger partial charge on any atom is -0.298 e. The van der Waals surface area contributed by atoms with Crippen molar-refractivity contribution in [3.8, 4) is 0 Å². The van der Waals surface area contributed by atoms with Crippen molar-refractivity contribution >= 4 is 37.6 Å². The number of ketones is 1. The summed E-state index contributed by atoms with van der Waals surface area (Å²) < 4.78 is 0. The van der Waals surface area contributed by atoms with Gasteiger partial charge < -0.3 is 0 Å². The highest BCUT2D eigenvalue weighted by molar-refractivity contribution is 9.09. The summed E-state index contributed by atoms with van der Waals surface area (Å²) in [4.78, 5) is 13.1. The van der Waals surface area contributed by atoms with Gasteiger partial charge in [0.25, 0.3) is 0 Å². The maximum Gasteiger partial charge on any atom is 0.149 e. The molecule has 22 heavy (non-hydrogen) atoms. The Labute approximate surface area is 149 Å². The van der Waals surface area contributed by atoms with E-state index in [0.717, 1.165) is 11.1 Å². The first-order valence-electron chi connectivity index (χ1n) is 7.35. The molecule has 0 aliphatic rings. The minimum atomic E-state index is -0.122. The first kappa shape index (κ1) is 17.4. The van der Waals surface area contributed by atoms with Crippen molar-refractivity contribution in [3.63, 3.8) is 0 Å². The molecule has 0 spiro atoms. The summed E-state index contributed by atoms with van der Waals surface area (Å²) in [6.45, 7) is 4.11. The number of aryl methyl sites for hydroxylation is 2. The number of carbonyl (C=O) groups excluding carboxylic acids is 1. The third kappa shape index (κ3) is 4.08. The molecular weight excluding hydrogens is 404 g/mol. The molecule has 1 nitrogen and oxygen atoms in total. The molecule has 0 aliphatic heterocycles. The average molecular weight is 424 g/mol. The lowest BCUT2D eigenvalue weighted by atomic mass is 9.85. The van der Waals surface area contributed by atoms with E-state index in [4.69, 9.17) is 0 Å². The van der Waals surface area contributed by atoms with Crippen LogP contribution in [0.25, 0.3) is 0 Å². The number of carbonyl (C=O) groups is 1. The minimum absolute atomic E-state index is 0.122. The van der Waals surface area contributed by atoms with Crippen LogP contribution >= 0.6 is 31.9 Å². The lowest BCUT2D eigenvalue weighted by molar-refractivity contribution is -0.121. The quantitative estimate of drug-likeness (QED) is 0.558. The number of alkyl halides is 2. The molecule has 2 rings (SSSR count). The molecule has 0 amide bonds. The molecule has 0 bridgehead atoms. The fraction of sp³-hybridized carbons (Fsp3) is 0.316. The zero-order valence-electron chi connectivity index (χ0n) is 12.9. The summed E-state index contributed by atoms with van der Waals surface area (Å²) in [6, 6.07) is 16.4. The number of hydrogen-bond acceptors (Lipinski definition) is 1. The molecular formula is C19H20Br2O. The molecule has 0 aliphatic carbocycles. The zero-order valence-corrected chi connectivity index (χ0v) is 16.0. The van der Waals surface area contributed by atoms with Gasteiger partial charge in [-0.2, -0.15) is 0 Å². The highest BCUT2D eigenvalue weighted by Crippen LogP contribution is 2.30. The van der Waals surface area contributed by atoms with Gasteiger partial charge in [0.1, 0.15) is 5.78 Å². The van der Waals surface area contributed by atoms with Crippen LogP contribution in [-0.4, -0.2) is 16.4 Å². The van der Waals surface area contributed by atoms with Crippen LogP contribution in [0.4, 0.5) is 0 Å². The van der Waals surface area contributed by atoms with Gasteiger partial charge in [-0.25, -0.2) is 0 Å². The van der Waals surface area contributed by atoms with E-state index in [2.05, 4.69) is 70.0 Å². The van der Waals surface area contributed by atoms with Crippen LogP contribution in [0, 0.1) is 13.8 Å². The molecule has 0 radical (unpaired) electrons. The third-order valence-corrected chi connectivity index (χ3v) is 5.18. The topological polar surface area (TPSA) is 17.1 Å². The van der Waals surface area contributed by atoms with E-state index < -0.39 is 0 Å². The number of benzene rings is 2. The van der Waals surface area contributed by atoms with Crippen LogP contribution in [0.15, 0.2) is 48.5 Å². The van der Waals surface area contributed by atoms with Gasteiger partial charge in [0.05, 0.1) is 11.8 Å². The Morgan fingerprint density at radius 3 is 1.59 bits per heavy atom. The maximum atomic E-state index is 13.1. The van der Waals surface area contributed by atoms with Gasteiger partial charge >= 0.3 is 0 Å². The van der Waals surface area contributed by atoms with Crippen LogP contribution in [0.1, 0.15) is 34.1 Å². The molecule has 0 fully saturated rings. The SMILES string of the molecule is Cc1cccc(C(CBr)C(=O)C(CBr)c2cccc(C)c2)c1. The van der Waals surface area contributed by atoms with E-state index in [1.54, 1.807) is 0 Å². The van der Waals surface area contributed by atoms with Crippen molar-refractivity contribution in [2.24, 2.45) is 0 Å². The molecule has 0 N–H and O–H groups in total. The Morgan fingerprint density at radius 2 is 1.27 bits per heavy atom. The van der Waals surface area contributed by atoms with E-state index in [1.165, 1.54) is 11.1 Å². The van der Waals surface area contributed by atoms with Crippen LogP contribution < -0.4 is 0 Å². The number of rotatable bonds is 6. The Morgan fingerprint density at radius 1 is 0.864 bits per heavy atom. The lowest BCUT2D eigenvalue weighted by Gasteiger charge is -2.21. The van der Waals surface area contributed by atoms with E-state index in [1.807, 2.05) is 24.3 Å². The highest BCUT2D eigenvalue weighted by Gasteiger charge is 2.28. The van der Waals surface area contributed by atoms with Crippen molar-refractivity contribution < 1.29 is 4.79 Å². The molecule has 2 aromatic rings. The van der Waals surface area contributed by atoms with Gasteiger partial charge in [0, 0.05) is 10.7 Å². The van der Waals surface area contributed by atoms with Crippen LogP contribution in [0.5, 0.6) is 0 Å². The van der Waals surface area contributed by atoms with Crippen molar-refractivity contribution in [3.05, 3.63) is 70.8 Å². The Kier molecular flexibility index (Phi) is 6.39. The van der Waals surface area contributed by atoms with Gasteiger partial charge in [-0.3, -0.25) is 4.79 Å². The van der Waals surface area contributed by atoms with Gasteiger partial charge in [0.2, 0.25) is 0 Å². The van der Waals surface area contributed by atoms with Crippen molar-refractivity contribution in [2.45, 2.75) is 25.7 Å². The van der Waals surface area contributed by atoms with Crippen LogP contribution in [-0.2, 0) is 4.79 Å². The fourth-order valence-electron chi connectivity index (χ4n) is 2.68. The molecule has 3 heteroatoms. The molecule has 0 saturated carbocycles. The highest BCUT2D eigenvalue weighted by atomic mass is 79.9. The second-order valence-electron chi connectivity index (χ2n) is 5.64. The first-order valence-corrected chi connectivity index (χ1v) is 9.60. The molecule has 2 aromatic carbocycles. The Balaban J connectivity index is 2.33. The smallest absolute Gasteiger partial charge is 0.149 e. The molecule has 0 heterocycles. The molecule has 0 aromatic heterocycles. The largest absolute Gasteiger partial charge is 0.298 e. The lowest BCUT2D eigenvalue weighted by Crippen LogP contribution is -2.23. The molecule has 2 atom stereocenters. The average Bonchev–Trinajstić information content (AvgIpc) is 2.49. The van der Waals surface area contributed by atoms with E-state index >= 15 is 0 Å². The van der Waals surface area contributed by atoms with Crippen LogP contribution in [0.3, 0.4) is 0 Å². The third-order valence-electron chi connectivity index (χ3n) is 3.88. The summed E-state index contributed by atoms with van der Waals surface area (Å²) >= 11 is 7.05. The zero-order chi connectivity index (χ0) is 16.1. The summed E-state index contributed by atoms with van der Waals surface area (Å²) in [5.74, 6) is 0.0101. The van der Waals surface area contributed by atoms with E-state index in [9.17, 15) is 4.79 Å². The predicted octanol–water partition coefficient (Wildman–Crippen LogP) is 5.53. The second kappa shape index (κ2) is 8.07. The summed E-state index contributed by atoms with van der Waals surface area (Å²) in [6.07, 6.45) is 0. The number of halogens is 2. The van der Waals surface area contributed by atoms with E-state index in [0.29, 0.717) is 10.7 Å². The fourth-order valence-corrected chi connectivity index (χ4v) is 4.06. The van der Waals surface area contributed by atoms with Crippen molar-refractivity contribution in [2.75, 3.05) is 10.7 Å². The molecule has 0 saturated heterocycles. The number of hydrogen-bond donors (Lipinski definition) is 0. The van der Waals surface area contributed by atoms with Gasteiger partial charge in [-0.15, -0.1) is 0 Å². The molecule has 2 unspecified atom stereocenters. The second-order valence-corrected chi connectivity index (χ2v) is 6.94. The monoisotopic (exact) mass is 422 g/mol. The summed E-state index contributed by atoms with van der Waals surface area (Å²) in [5, 5.41) is 1.29. The molecule has 116 valence electrons. The van der Waals surface area contributed by atoms with Gasteiger partial charge in [-0.05, 0) is 25.0 Å². The first-order chi connectivity index (χ1) is 10.6. The standard InChI is InChI=1S/C19H20Br2O/c1-13-5-3-7-15(9-13)17(11-20)19(22)18(12-21)16-8-4-6-14(2)10-16/h3-10,17-18H,11-12H2,1-2H3. The Bertz CT molecular complexity index is 596. The van der Waals surface area contributed by atoms with Gasteiger partial charge in [0.15, 0.2) is 0 Å². The van der Waals surface area contributed by atoms with Crippen molar-refractivity contribution in [1.29, 1.82) is 0 Å². The van der Waals surface area contributed by atoms with Crippen LogP contribution in [0.2, 0.25) is 0 Å². The van der Waals surface area contributed by atoms with E-state index in [-0.39, 0.29) is 17.6 Å². The number of Topliss-reactive ketones (excluding diaryl/α,β-unsaturated/α-hetero) is 1. The predicted molar refractivity (Wildman–Crippen MR) is 100 cm³/mol. The summed E-state index contributed by atoms with van der Waals surface area (Å²) in [5.41, 5.74) is 4.53. The normalized spacial score (nSPS) is 13.6.